The van der Waals surface area contributed by atoms with Crippen molar-refractivity contribution in [1.29, 1.82) is 0 Å². The van der Waals surface area contributed by atoms with Gasteiger partial charge in [-0.05, 0) is 51.9 Å². The van der Waals surface area contributed by atoms with Crippen LogP contribution in [0.2, 0.25) is 0 Å². The van der Waals surface area contributed by atoms with Gasteiger partial charge in [-0.2, -0.15) is 0 Å². The smallest absolute Gasteiger partial charge is 0.312 e. The van der Waals surface area contributed by atoms with Crippen molar-refractivity contribution in [3.05, 3.63) is 25.3 Å². The fourth-order valence-electron chi connectivity index (χ4n) is 6.71. The molecule has 8 nitrogen and oxygen atoms in total. The number of fused-ring (bicyclic) bond motifs is 1. The number of rotatable bonds is 18. The summed E-state index contributed by atoms with van der Waals surface area (Å²) in [5.74, 6) is -2.14. The van der Waals surface area contributed by atoms with Crippen molar-refractivity contribution in [1.82, 2.24) is 9.80 Å². The van der Waals surface area contributed by atoms with Crippen LogP contribution in [0, 0.1) is 11.8 Å². The van der Waals surface area contributed by atoms with Crippen molar-refractivity contribution in [2.45, 2.75) is 102 Å². The molecule has 214 valence electrons. The number of aliphatic hydroxyl groups is 1. The molecule has 2 unspecified atom stereocenters. The molecule has 0 radical (unpaired) electrons. The Kier molecular flexibility index (Phi) is 11.0. The molecular weight excluding hydrogens is 484 g/mol. The van der Waals surface area contributed by atoms with E-state index in [1.54, 1.807) is 22.0 Å². The first kappa shape index (κ1) is 30.4. The molecule has 1 spiro atoms. The molecule has 0 saturated carbocycles. The molecule has 3 fully saturated rings. The van der Waals surface area contributed by atoms with E-state index in [1.807, 2.05) is 6.92 Å². The molecule has 2 bridgehead atoms. The average molecular weight is 533 g/mol. The number of aliphatic hydroxyl groups excluding tert-OH is 1. The lowest BCUT2D eigenvalue weighted by Crippen LogP contribution is -2.56. The van der Waals surface area contributed by atoms with E-state index in [4.69, 9.17) is 14.6 Å². The van der Waals surface area contributed by atoms with Crippen LogP contribution in [0.25, 0.3) is 0 Å². The van der Waals surface area contributed by atoms with Crippen LogP contribution in [-0.2, 0) is 23.9 Å². The van der Waals surface area contributed by atoms with Crippen LogP contribution >= 0.6 is 0 Å². The third-order valence-electron chi connectivity index (χ3n) is 8.56. The number of hydrogen-bond acceptors (Lipinski definition) is 6. The van der Waals surface area contributed by atoms with Crippen LogP contribution in [-0.4, -0.2) is 82.8 Å². The Morgan fingerprint density at radius 1 is 1.13 bits per heavy atom. The zero-order valence-electron chi connectivity index (χ0n) is 23.5. The maximum atomic E-state index is 14.2. The number of ether oxygens (including phenoxy) is 2. The molecule has 0 aromatic carbocycles. The van der Waals surface area contributed by atoms with E-state index < -0.39 is 35.0 Å². The fourth-order valence-corrected chi connectivity index (χ4v) is 6.71. The normalized spacial score (nSPS) is 29.4. The summed E-state index contributed by atoms with van der Waals surface area (Å²) in [6, 6.07) is -0.764. The van der Waals surface area contributed by atoms with Crippen molar-refractivity contribution >= 4 is 17.8 Å². The van der Waals surface area contributed by atoms with Gasteiger partial charge in [0.1, 0.15) is 17.6 Å². The highest BCUT2D eigenvalue weighted by atomic mass is 16.6. The number of hydrogen-bond donors (Lipinski definition) is 1. The molecule has 3 aliphatic heterocycles. The van der Waals surface area contributed by atoms with Crippen LogP contribution < -0.4 is 0 Å². The number of likely N-dealkylation sites (tertiary alicyclic amines) is 1. The highest BCUT2D eigenvalue weighted by molar-refractivity contribution is 5.98. The summed E-state index contributed by atoms with van der Waals surface area (Å²) in [7, 11) is 0. The molecule has 0 aromatic heterocycles. The van der Waals surface area contributed by atoms with E-state index in [1.165, 1.54) is 0 Å². The van der Waals surface area contributed by atoms with Gasteiger partial charge in [0.25, 0.3) is 0 Å². The summed E-state index contributed by atoms with van der Waals surface area (Å²) < 4.78 is 12.3. The van der Waals surface area contributed by atoms with Crippen LogP contribution in [0.4, 0.5) is 0 Å². The molecule has 3 heterocycles. The van der Waals surface area contributed by atoms with Gasteiger partial charge in [-0.15, -0.1) is 13.2 Å². The molecule has 8 heteroatoms. The molecule has 5 atom stereocenters. The Bertz CT molecular complexity index is 862. The van der Waals surface area contributed by atoms with E-state index in [9.17, 15) is 14.4 Å². The number of amides is 2. The van der Waals surface area contributed by atoms with E-state index in [0.29, 0.717) is 45.3 Å². The Balaban J connectivity index is 1.90. The molecule has 0 aromatic rings. The zero-order chi connectivity index (χ0) is 27.8. The first-order valence-corrected chi connectivity index (χ1v) is 14.6. The third-order valence-corrected chi connectivity index (χ3v) is 8.56. The SMILES string of the molecule is C=CCCCOC(=O)[C@@H]1[C@H]2C(=O)N(CCCCCCO)C(C(=O)N(CC=C)CCCCC)C23CC[C@@]1(C)O3. The zero-order valence-corrected chi connectivity index (χ0v) is 23.5. The van der Waals surface area contributed by atoms with Gasteiger partial charge in [0.05, 0.1) is 18.1 Å². The summed E-state index contributed by atoms with van der Waals surface area (Å²) in [6.07, 6.45) is 12.2. The van der Waals surface area contributed by atoms with Gasteiger partial charge in [0.15, 0.2) is 0 Å². The van der Waals surface area contributed by atoms with Gasteiger partial charge in [-0.25, -0.2) is 0 Å². The van der Waals surface area contributed by atoms with Crippen LogP contribution in [0.5, 0.6) is 0 Å². The number of allylic oxidation sites excluding steroid dienone is 1. The molecular formula is C30H48N2O6. The van der Waals surface area contributed by atoms with Crippen molar-refractivity contribution in [3.63, 3.8) is 0 Å². The third kappa shape index (κ3) is 6.01. The second-order valence-corrected chi connectivity index (χ2v) is 11.3. The number of esters is 1. The standard InChI is InChI=1S/C30H48N2O6/c1-5-8-12-19-31(18-7-3)27(35)25-30-17-16-29(4,38-30)24(28(36)37-22-15-9-6-2)23(30)26(34)32(25)20-13-10-11-14-21-33/h6-7,23-25,33H,2-3,5,8-22H2,1,4H3/t23-,24-,25?,29+,30?/m0/s1. The van der Waals surface area contributed by atoms with Gasteiger partial charge in [-0.1, -0.05) is 44.8 Å². The second-order valence-electron chi connectivity index (χ2n) is 11.3. The molecule has 3 aliphatic rings. The summed E-state index contributed by atoms with van der Waals surface area (Å²) in [5, 5.41) is 9.12. The van der Waals surface area contributed by atoms with Crippen LogP contribution in [0.15, 0.2) is 25.3 Å². The van der Waals surface area contributed by atoms with Gasteiger partial charge in [0, 0.05) is 26.2 Å². The van der Waals surface area contributed by atoms with Crippen molar-refractivity contribution in [3.8, 4) is 0 Å². The predicted octanol–water partition coefficient (Wildman–Crippen LogP) is 4.02. The topological polar surface area (TPSA) is 96.4 Å². The van der Waals surface area contributed by atoms with Crippen molar-refractivity contribution in [2.24, 2.45) is 11.8 Å². The number of carbonyl (C=O) groups is 3. The van der Waals surface area contributed by atoms with E-state index in [2.05, 4.69) is 20.1 Å². The predicted molar refractivity (Wildman–Crippen MR) is 146 cm³/mol. The molecule has 0 aliphatic carbocycles. The van der Waals surface area contributed by atoms with Gasteiger partial charge < -0.3 is 24.4 Å². The quantitative estimate of drug-likeness (QED) is 0.163. The highest BCUT2D eigenvalue weighted by Crippen LogP contribution is 2.63. The maximum absolute atomic E-state index is 14.2. The summed E-state index contributed by atoms with van der Waals surface area (Å²) in [4.78, 5) is 45.2. The lowest BCUT2D eigenvalue weighted by atomic mass is 9.66. The van der Waals surface area contributed by atoms with Crippen LogP contribution in [0.3, 0.4) is 0 Å². The molecule has 1 N–H and O–H groups in total. The van der Waals surface area contributed by atoms with Crippen molar-refractivity contribution < 1.29 is 29.0 Å². The average Bonchev–Trinajstić information content (AvgIpc) is 3.46. The van der Waals surface area contributed by atoms with Crippen LogP contribution in [0.1, 0.15) is 84.5 Å². The largest absolute Gasteiger partial charge is 0.465 e. The number of nitrogens with zero attached hydrogens (tertiary/aromatic N) is 2. The maximum Gasteiger partial charge on any atom is 0.312 e. The Morgan fingerprint density at radius 3 is 2.58 bits per heavy atom. The monoisotopic (exact) mass is 532 g/mol. The van der Waals surface area contributed by atoms with E-state index in [0.717, 1.165) is 44.9 Å². The van der Waals surface area contributed by atoms with E-state index >= 15 is 0 Å². The van der Waals surface area contributed by atoms with Gasteiger partial charge in [-0.3, -0.25) is 14.4 Å². The van der Waals surface area contributed by atoms with Gasteiger partial charge in [0.2, 0.25) is 11.8 Å². The summed E-state index contributed by atoms with van der Waals surface area (Å²) >= 11 is 0. The second kappa shape index (κ2) is 13.7. The van der Waals surface area contributed by atoms with Crippen molar-refractivity contribution in [2.75, 3.05) is 32.8 Å². The molecule has 38 heavy (non-hydrogen) atoms. The first-order valence-electron chi connectivity index (χ1n) is 14.6. The number of unbranched alkanes of at least 4 members (excludes halogenated alkanes) is 6. The lowest BCUT2D eigenvalue weighted by Gasteiger charge is -2.37. The molecule has 3 saturated heterocycles. The molecule has 2 amide bonds. The summed E-state index contributed by atoms with van der Waals surface area (Å²) in [5.41, 5.74) is -1.85. The minimum atomic E-state index is -1.02. The first-order chi connectivity index (χ1) is 18.3. The Labute approximate surface area is 228 Å². The van der Waals surface area contributed by atoms with Gasteiger partial charge >= 0.3 is 5.97 Å². The number of carbonyl (C=O) groups excluding carboxylic acids is 3. The lowest BCUT2D eigenvalue weighted by molar-refractivity contribution is -0.160. The Hall–Kier alpha value is -2.19. The Morgan fingerprint density at radius 2 is 1.89 bits per heavy atom. The fraction of sp³-hybridized carbons (Fsp3) is 0.767. The minimum absolute atomic E-state index is 0.114. The minimum Gasteiger partial charge on any atom is -0.465 e. The van der Waals surface area contributed by atoms with E-state index in [-0.39, 0.29) is 25.0 Å². The molecule has 3 rings (SSSR count). The highest BCUT2D eigenvalue weighted by Gasteiger charge is 2.78. The summed E-state index contributed by atoms with van der Waals surface area (Å²) in [6.45, 7) is 13.4.